The number of rotatable bonds is 9. The van der Waals surface area contributed by atoms with Gasteiger partial charge in [-0.05, 0) is 30.9 Å². The van der Waals surface area contributed by atoms with Crippen LogP contribution >= 0.6 is 11.6 Å². The van der Waals surface area contributed by atoms with E-state index in [0.29, 0.717) is 0 Å². The minimum atomic E-state index is -1.42. The first-order valence-corrected chi connectivity index (χ1v) is 7.46. The lowest BCUT2D eigenvalue weighted by atomic mass is 10.0. The number of phenolic OH excluding ortho intramolecular Hbond substituents is 1. The van der Waals surface area contributed by atoms with Crippen molar-refractivity contribution < 1.29 is 19.7 Å². The summed E-state index contributed by atoms with van der Waals surface area (Å²) in [6.45, 7) is 0. The van der Waals surface area contributed by atoms with E-state index in [2.05, 4.69) is 4.74 Å². The SMILES string of the molecule is O=C(O)Oc1cccc(CCCCCCCCCl)c1O. The van der Waals surface area contributed by atoms with Crippen molar-refractivity contribution in [2.45, 2.75) is 44.9 Å². The summed E-state index contributed by atoms with van der Waals surface area (Å²) in [5, 5.41) is 18.5. The third-order valence-corrected chi connectivity index (χ3v) is 3.38. The first-order valence-electron chi connectivity index (χ1n) is 6.92. The van der Waals surface area contributed by atoms with E-state index in [9.17, 15) is 9.90 Å². The summed E-state index contributed by atoms with van der Waals surface area (Å²) in [7, 11) is 0. The average Bonchev–Trinajstić information content (AvgIpc) is 2.41. The molecule has 0 saturated carbocycles. The number of hydrogen-bond acceptors (Lipinski definition) is 3. The number of para-hydroxylation sites is 1. The highest BCUT2D eigenvalue weighted by Gasteiger charge is 2.10. The summed E-state index contributed by atoms with van der Waals surface area (Å²) in [6.07, 6.45) is 5.92. The zero-order valence-electron chi connectivity index (χ0n) is 11.5. The van der Waals surface area contributed by atoms with Crippen LogP contribution in [0.3, 0.4) is 0 Å². The van der Waals surface area contributed by atoms with Gasteiger partial charge >= 0.3 is 6.16 Å². The van der Waals surface area contributed by atoms with Crippen LogP contribution in [0.1, 0.15) is 44.1 Å². The Morgan fingerprint density at radius 2 is 1.75 bits per heavy atom. The smallest absolute Gasteiger partial charge is 0.504 e. The molecule has 4 nitrogen and oxygen atoms in total. The maximum Gasteiger partial charge on any atom is 0.511 e. The number of carboxylic acid groups (broad SMARTS) is 1. The number of alkyl halides is 1. The normalized spacial score (nSPS) is 10.4. The van der Waals surface area contributed by atoms with Gasteiger partial charge in [-0.25, -0.2) is 4.79 Å². The molecule has 0 fully saturated rings. The first kappa shape index (κ1) is 16.6. The van der Waals surface area contributed by atoms with Crippen LogP contribution in [0.5, 0.6) is 11.5 Å². The fourth-order valence-electron chi connectivity index (χ4n) is 2.06. The van der Waals surface area contributed by atoms with Crippen molar-refractivity contribution >= 4 is 17.8 Å². The van der Waals surface area contributed by atoms with Crippen LogP contribution < -0.4 is 4.74 Å². The summed E-state index contributed by atoms with van der Waals surface area (Å²) in [5.74, 6) is 0.652. The van der Waals surface area contributed by atoms with Crippen molar-refractivity contribution in [1.82, 2.24) is 0 Å². The Morgan fingerprint density at radius 3 is 2.40 bits per heavy atom. The second-order valence-electron chi connectivity index (χ2n) is 4.69. The van der Waals surface area contributed by atoms with Crippen molar-refractivity contribution in [2.24, 2.45) is 0 Å². The Kier molecular flexibility index (Phi) is 7.88. The Balaban J connectivity index is 2.35. The Labute approximate surface area is 124 Å². The van der Waals surface area contributed by atoms with Crippen molar-refractivity contribution in [3.63, 3.8) is 0 Å². The molecule has 0 heterocycles. The molecule has 5 heteroatoms. The van der Waals surface area contributed by atoms with E-state index in [4.69, 9.17) is 16.7 Å². The minimum absolute atomic E-state index is 0.00267. The maximum atomic E-state index is 10.5. The van der Waals surface area contributed by atoms with E-state index >= 15 is 0 Å². The number of hydrogen-bond donors (Lipinski definition) is 2. The molecular weight excluding hydrogens is 280 g/mol. The molecule has 0 aromatic heterocycles. The largest absolute Gasteiger partial charge is 0.511 e. The molecule has 0 amide bonds. The monoisotopic (exact) mass is 300 g/mol. The number of halogens is 1. The van der Waals surface area contributed by atoms with Crippen molar-refractivity contribution in [2.75, 3.05) is 5.88 Å². The molecule has 0 aliphatic carbocycles. The van der Waals surface area contributed by atoms with Gasteiger partial charge in [0.15, 0.2) is 11.5 Å². The van der Waals surface area contributed by atoms with Gasteiger partial charge in [0.2, 0.25) is 0 Å². The highest BCUT2D eigenvalue weighted by Crippen LogP contribution is 2.31. The standard InChI is InChI=1S/C15H21ClO4/c16-11-6-4-2-1-3-5-8-12-9-7-10-13(14(12)17)20-15(18)19/h7,9-10,17H,1-6,8,11H2,(H,18,19). The quantitative estimate of drug-likeness (QED) is 0.303. The van der Waals surface area contributed by atoms with Crippen LogP contribution in [0.2, 0.25) is 0 Å². The van der Waals surface area contributed by atoms with Crippen molar-refractivity contribution in [1.29, 1.82) is 0 Å². The number of unbranched alkanes of at least 4 members (excludes halogenated alkanes) is 5. The molecule has 0 radical (unpaired) electrons. The summed E-state index contributed by atoms with van der Waals surface area (Å²) in [6, 6.07) is 4.92. The zero-order chi connectivity index (χ0) is 14.8. The van der Waals surface area contributed by atoms with Crippen LogP contribution in [0.15, 0.2) is 18.2 Å². The van der Waals surface area contributed by atoms with Crippen LogP contribution in [-0.2, 0) is 6.42 Å². The van der Waals surface area contributed by atoms with Crippen LogP contribution in [-0.4, -0.2) is 22.2 Å². The van der Waals surface area contributed by atoms with Gasteiger partial charge in [0, 0.05) is 5.88 Å². The summed E-state index contributed by atoms with van der Waals surface area (Å²) < 4.78 is 4.51. The van der Waals surface area contributed by atoms with Crippen LogP contribution in [0, 0.1) is 0 Å². The molecule has 0 aliphatic rings. The second kappa shape index (κ2) is 9.48. The van der Waals surface area contributed by atoms with E-state index in [0.717, 1.165) is 50.0 Å². The van der Waals surface area contributed by atoms with E-state index < -0.39 is 6.16 Å². The molecule has 0 unspecified atom stereocenters. The average molecular weight is 301 g/mol. The molecule has 0 saturated heterocycles. The lowest BCUT2D eigenvalue weighted by Crippen LogP contribution is -2.03. The maximum absolute atomic E-state index is 10.5. The Hall–Kier alpha value is -1.42. The number of phenols is 1. The Bertz CT molecular complexity index is 420. The predicted octanol–water partition coefficient (Wildman–Crippen LogP) is 4.57. The molecule has 0 aliphatic heterocycles. The highest BCUT2D eigenvalue weighted by molar-refractivity contribution is 6.17. The number of benzene rings is 1. The molecule has 1 aromatic carbocycles. The van der Waals surface area contributed by atoms with E-state index in [1.54, 1.807) is 12.1 Å². The van der Waals surface area contributed by atoms with Gasteiger partial charge in [-0.1, -0.05) is 37.8 Å². The fraction of sp³-hybridized carbons (Fsp3) is 0.533. The molecule has 1 rings (SSSR count). The van der Waals surface area contributed by atoms with Crippen LogP contribution in [0.25, 0.3) is 0 Å². The predicted molar refractivity (Wildman–Crippen MR) is 78.9 cm³/mol. The number of carbonyl (C=O) groups is 1. The molecule has 1 aromatic rings. The number of ether oxygens (including phenoxy) is 1. The molecule has 2 N–H and O–H groups in total. The molecule has 112 valence electrons. The lowest BCUT2D eigenvalue weighted by Gasteiger charge is -2.08. The van der Waals surface area contributed by atoms with Gasteiger partial charge in [0.1, 0.15) is 0 Å². The fourth-order valence-corrected chi connectivity index (χ4v) is 2.25. The zero-order valence-corrected chi connectivity index (χ0v) is 12.2. The summed E-state index contributed by atoms with van der Waals surface area (Å²) >= 11 is 5.61. The van der Waals surface area contributed by atoms with E-state index in [1.807, 2.05) is 0 Å². The van der Waals surface area contributed by atoms with Gasteiger partial charge in [0.25, 0.3) is 0 Å². The highest BCUT2D eigenvalue weighted by atomic mass is 35.5. The third-order valence-electron chi connectivity index (χ3n) is 3.11. The van der Waals surface area contributed by atoms with Gasteiger partial charge in [-0.2, -0.15) is 0 Å². The van der Waals surface area contributed by atoms with Crippen LogP contribution in [0.4, 0.5) is 4.79 Å². The molecule has 0 spiro atoms. The summed E-state index contributed by atoms with van der Waals surface area (Å²) in [4.78, 5) is 10.5. The van der Waals surface area contributed by atoms with Gasteiger partial charge in [0.05, 0.1) is 0 Å². The second-order valence-corrected chi connectivity index (χ2v) is 5.07. The summed E-state index contributed by atoms with van der Waals surface area (Å²) in [5.41, 5.74) is 0.726. The van der Waals surface area contributed by atoms with E-state index in [1.165, 1.54) is 12.5 Å². The molecule has 0 bridgehead atoms. The van der Waals surface area contributed by atoms with Crippen molar-refractivity contribution in [3.8, 4) is 11.5 Å². The minimum Gasteiger partial charge on any atom is -0.504 e. The topological polar surface area (TPSA) is 66.8 Å². The Morgan fingerprint density at radius 1 is 1.10 bits per heavy atom. The number of aromatic hydroxyl groups is 1. The number of aryl methyl sites for hydroxylation is 1. The third kappa shape index (κ3) is 6.15. The van der Waals surface area contributed by atoms with Gasteiger partial charge in [-0.3, -0.25) is 0 Å². The van der Waals surface area contributed by atoms with Gasteiger partial charge in [-0.15, -0.1) is 11.6 Å². The lowest BCUT2D eigenvalue weighted by molar-refractivity contribution is 0.143. The molecular formula is C15H21ClO4. The van der Waals surface area contributed by atoms with E-state index in [-0.39, 0.29) is 11.5 Å². The molecule has 0 atom stereocenters. The van der Waals surface area contributed by atoms with Gasteiger partial charge < -0.3 is 14.9 Å². The van der Waals surface area contributed by atoms with Crippen molar-refractivity contribution in [3.05, 3.63) is 23.8 Å². The molecule has 20 heavy (non-hydrogen) atoms. The first-order chi connectivity index (χ1) is 9.65.